The Labute approximate surface area is 119 Å². The van der Waals surface area contributed by atoms with Crippen molar-refractivity contribution in [2.45, 2.75) is 37.7 Å². The minimum atomic E-state index is -4.31. The minimum Gasteiger partial charge on any atom is -0.381 e. The monoisotopic (exact) mass is 309 g/mol. The van der Waals surface area contributed by atoms with E-state index in [2.05, 4.69) is 9.88 Å². The van der Waals surface area contributed by atoms with Crippen molar-refractivity contribution >= 4 is 11.3 Å². The summed E-state index contributed by atoms with van der Waals surface area (Å²) < 4.78 is 42.9. The van der Waals surface area contributed by atoms with Crippen molar-refractivity contribution in [3.63, 3.8) is 0 Å². The molecule has 0 saturated carbocycles. The van der Waals surface area contributed by atoms with E-state index in [4.69, 9.17) is 10.5 Å². The van der Waals surface area contributed by atoms with Gasteiger partial charge in [0, 0.05) is 26.2 Å². The van der Waals surface area contributed by atoms with Gasteiger partial charge >= 0.3 is 6.18 Å². The third-order valence-corrected chi connectivity index (χ3v) is 4.59. The molecule has 0 aliphatic carbocycles. The molecule has 0 aromatic carbocycles. The Hall–Kier alpha value is -0.700. The van der Waals surface area contributed by atoms with Crippen LogP contribution in [-0.2, 0) is 17.5 Å². The summed E-state index contributed by atoms with van der Waals surface area (Å²) in [7, 11) is 1.67. The van der Waals surface area contributed by atoms with Gasteiger partial charge in [-0.3, -0.25) is 4.90 Å². The standard InChI is InChI=1S/C12H18F3N3OS/c1-19-9-2-3-18(8(4-9)5-16)7-11-17-6-10(20-11)12(13,14)15/h6,8-9H,2-5,7,16H2,1H3. The van der Waals surface area contributed by atoms with Crippen molar-refractivity contribution in [2.75, 3.05) is 20.2 Å². The van der Waals surface area contributed by atoms with E-state index in [0.717, 1.165) is 25.6 Å². The van der Waals surface area contributed by atoms with Crippen LogP contribution >= 0.6 is 11.3 Å². The van der Waals surface area contributed by atoms with Gasteiger partial charge in [0.05, 0.1) is 18.8 Å². The maximum absolute atomic E-state index is 12.5. The number of hydrogen-bond donors (Lipinski definition) is 1. The van der Waals surface area contributed by atoms with E-state index in [1.165, 1.54) is 0 Å². The summed E-state index contributed by atoms with van der Waals surface area (Å²) in [5.41, 5.74) is 5.74. The lowest BCUT2D eigenvalue weighted by molar-refractivity contribution is -0.134. The van der Waals surface area contributed by atoms with Gasteiger partial charge in [-0.25, -0.2) is 4.98 Å². The van der Waals surface area contributed by atoms with E-state index in [9.17, 15) is 13.2 Å². The van der Waals surface area contributed by atoms with Crippen LogP contribution in [0, 0.1) is 0 Å². The Balaban J connectivity index is 2.00. The van der Waals surface area contributed by atoms with Gasteiger partial charge in [-0.05, 0) is 12.8 Å². The number of piperidine rings is 1. The number of halogens is 3. The minimum absolute atomic E-state index is 0.131. The lowest BCUT2D eigenvalue weighted by Gasteiger charge is -2.37. The lowest BCUT2D eigenvalue weighted by Crippen LogP contribution is -2.47. The van der Waals surface area contributed by atoms with Crippen molar-refractivity contribution in [3.05, 3.63) is 16.1 Å². The predicted molar refractivity (Wildman–Crippen MR) is 70.4 cm³/mol. The van der Waals surface area contributed by atoms with Crippen LogP contribution in [0.15, 0.2) is 6.20 Å². The van der Waals surface area contributed by atoms with Crippen molar-refractivity contribution in [2.24, 2.45) is 5.73 Å². The lowest BCUT2D eigenvalue weighted by atomic mass is 9.99. The zero-order valence-corrected chi connectivity index (χ0v) is 12.0. The summed E-state index contributed by atoms with van der Waals surface area (Å²) in [6.07, 6.45) is -1.55. The summed E-state index contributed by atoms with van der Waals surface area (Å²) in [5, 5.41) is 0.478. The SMILES string of the molecule is COC1CCN(Cc2ncc(C(F)(F)F)s2)C(CN)C1. The third-order valence-electron chi connectivity index (χ3n) is 3.57. The second-order valence-electron chi connectivity index (χ2n) is 4.86. The number of nitrogens with two attached hydrogens (primary N) is 1. The number of thiazole rings is 1. The number of nitrogens with zero attached hydrogens (tertiary/aromatic N) is 2. The number of rotatable bonds is 4. The summed E-state index contributed by atoms with van der Waals surface area (Å²) in [5.74, 6) is 0. The molecule has 2 N–H and O–H groups in total. The molecule has 0 spiro atoms. The van der Waals surface area contributed by atoms with E-state index >= 15 is 0 Å². The summed E-state index contributed by atoms with van der Waals surface area (Å²) in [6, 6.07) is 0.131. The maximum atomic E-state index is 12.5. The number of likely N-dealkylation sites (tertiary alicyclic amines) is 1. The molecule has 1 fully saturated rings. The molecular formula is C12H18F3N3OS. The van der Waals surface area contributed by atoms with Gasteiger partial charge in [0.1, 0.15) is 9.88 Å². The second-order valence-corrected chi connectivity index (χ2v) is 5.97. The van der Waals surface area contributed by atoms with E-state index < -0.39 is 11.1 Å². The van der Waals surface area contributed by atoms with Crippen molar-refractivity contribution in [1.29, 1.82) is 0 Å². The molecular weight excluding hydrogens is 291 g/mol. The molecule has 1 saturated heterocycles. The third kappa shape index (κ3) is 3.69. The van der Waals surface area contributed by atoms with Crippen LogP contribution in [0.3, 0.4) is 0 Å². The van der Waals surface area contributed by atoms with Gasteiger partial charge < -0.3 is 10.5 Å². The molecule has 114 valence electrons. The van der Waals surface area contributed by atoms with Crippen LogP contribution in [0.25, 0.3) is 0 Å². The molecule has 2 unspecified atom stereocenters. The number of hydrogen-bond acceptors (Lipinski definition) is 5. The Kier molecular flexibility index (Phi) is 5.00. The van der Waals surface area contributed by atoms with Gasteiger partial charge in [-0.2, -0.15) is 13.2 Å². The molecule has 0 amide bonds. The molecule has 0 bridgehead atoms. The van der Waals surface area contributed by atoms with Crippen molar-refractivity contribution < 1.29 is 17.9 Å². The smallest absolute Gasteiger partial charge is 0.381 e. The van der Waals surface area contributed by atoms with E-state index in [-0.39, 0.29) is 12.1 Å². The van der Waals surface area contributed by atoms with Gasteiger partial charge in [0.2, 0.25) is 0 Å². The Morgan fingerprint density at radius 3 is 2.85 bits per heavy atom. The predicted octanol–water partition coefficient (Wildman–Crippen LogP) is 2.10. The summed E-state index contributed by atoms with van der Waals surface area (Å²) >= 11 is 0.703. The van der Waals surface area contributed by atoms with Crippen LogP contribution < -0.4 is 5.73 Å². The topological polar surface area (TPSA) is 51.4 Å². The second kappa shape index (κ2) is 6.38. The zero-order valence-electron chi connectivity index (χ0n) is 11.2. The number of ether oxygens (including phenoxy) is 1. The van der Waals surface area contributed by atoms with Crippen molar-refractivity contribution in [1.82, 2.24) is 9.88 Å². The molecule has 0 radical (unpaired) electrons. The van der Waals surface area contributed by atoms with E-state index in [1.54, 1.807) is 7.11 Å². The largest absolute Gasteiger partial charge is 0.427 e. The van der Waals surface area contributed by atoms with Crippen LogP contribution in [0.5, 0.6) is 0 Å². The Morgan fingerprint density at radius 2 is 2.30 bits per heavy atom. The van der Waals surface area contributed by atoms with Gasteiger partial charge in [-0.15, -0.1) is 11.3 Å². The molecule has 1 aromatic rings. The highest BCUT2D eigenvalue weighted by molar-refractivity contribution is 7.11. The molecule has 1 aromatic heterocycles. The molecule has 1 aliphatic rings. The molecule has 2 atom stereocenters. The highest BCUT2D eigenvalue weighted by Crippen LogP contribution is 2.34. The van der Waals surface area contributed by atoms with Gasteiger partial charge in [0.25, 0.3) is 0 Å². The molecule has 2 rings (SSSR count). The van der Waals surface area contributed by atoms with Crippen LogP contribution in [0.4, 0.5) is 13.2 Å². The molecule has 8 heteroatoms. The quantitative estimate of drug-likeness (QED) is 0.925. The zero-order chi connectivity index (χ0) is 14.8. The fraction of sp³-hybridized carbons (Fsp3) is 0.750. The first kappa shape index (κ1) is 15.7. The first-order valence-corrected chi connectivity index (χ1v) is 7.24. The summed E-state index contributed by atoms with van der Waals surface area (Å²) in [4.78, 5) is 5.31. The Bertz CT molecular complexity index is 438. The maximum Gasteiger partial charge on any atom is 0.427 e. The number of aromatic nitrogens is 1. The van der Waals surface area contributed by atoms with E-state index in [1.807, 2.05) is 0 Å². The molecule has 4 nitrogen and oxygen atoms in total. The van der Waals surface area contributed by atoms with Crippen molar-refractivity contribution in [3.8, 4) is 0 Å². The average Bonchev–Trinajstić information content (AvgIpc) is 2.87. The molecule has 20 heavy (non-hydrogen) atoms. The highest BCUT2D eigenvalue weighted by Gasteiger charge is 2.34. The molecule has 2 heterocycles. The average molecular weight is 309 g/mol. The van der Waals surface area contributed by atoms with Crippen LogP contribution in [0.1, 0.15) is 22.7 Å². The first-order chi connectivity index (χ1) is 9.44. The highest BCUT2D eigenvalue weighted by atomic mass is 32.1. The number of methoxy groups -OCH3 is 1. The van der Waals surface area contributed by atoms with E-state index in [0.29, 0.717) is 29.4 Å². The van der Waals surface area contributed by atoms with Gasteiger partial charge in [0.15, 0.2) is 0 Å². The fourth-order valence-electron chi connectivity index (χ4n) is 2.42. The molecule has 1 aliphatic heterocycles. The van der Waals surface area contributed by atoms with Crippen LogP contribution in [-0.4, -0.2) is 42.2 Å². The first-order valence-electron chi connectivity index (χ1n) is 6.43. The van der Waals surface area contributed by atoms with Crippen LogP contribution in [0.2, 0.25) is 0 Å². The van der Waals surface area contributed by atoms with Gasteiger partial charge in [-0.1, -0.05) is 0 Å². The fourth-order valence-corrected chi connectivity index (χ4v) is 3.23. The number of alkyl halides is 3. The Morgan fingerprint density at radius 1 is 1.55 bits per heavy atom. The normalized spacial score (nSPS) is 25.1. The summed E-state index contributed by atoms with van der Waals surface area (Å²) in [6.45, 7) is 1.65.